The van der Waals surface area contributed by atoms with Crippen LogP contribution < -0.4 is 14.8 Å². The van der Waals surface area contributed by atoms with Crippen molar-refractivity contribution in [3.63, 3.8) is 0 Å². The Bertz CT molecular complexity index is 1200. The highest BCUT2D eigenvalue weighted by atomic mass is 16.6. The summed E-state index contributed by atoms with van der Waals surface area (Å²) in [6, 6.07) is 5.66. The molecule has 2 aromatic heterocycles. The first kappa shape index (κ1) is 23.8. The number of hydrogen-bond acceptors (Lipinski definition) is 7. The molecule has 0 aliphatic heterocycles. The molecule has 1 N–H and O–H groups in total. The fourth-order valence-electron chi connectivity index (χ4n) is 3.76. The molecule has 3 aromatic rings. The SMILES string of the molecule is COc1ccc(Cn2nc(C)c(NC(=O)CCn3nc(C)c([N+](=O)[O-])c3C)c2C)cc1OC. The summed E-state index contributed by atoms with van der Waals surface area (Å²) in [5, 5.41) is 22.8. The second-order valence-corrected chi connectivity index (χ2v) is 7.69. The van der Waals surface area contributed by atoms with Crippen molar-refractivity contribution in [2.45, 2.75) is 47.2 Å². The van der Waals surface area contributed by atoms with Crippen molar-refractivity contribution in [1.82, 2.24) is 19.6 Å². The minimum Gasteiger partial charge on any atom is -0.493 e. The number of carbonyl (C=O) groups is 1. The molecular formula is C22H28N6O5. The van der Waals surface area contributed by atoms with Gasteiger partial charge in [0.2, 0.25) is 5.91 Å². The summed E-state index contributed by atoms with van der Waals surface area (Å²) < 4.78 is 14.0. The molecule has 1 aromatic carbocycles. The molecule has 11 heteroatoms. The molecule has 176 valence electrons. The molecule has 11 nitrogen and oxygen atoms in total. The number of carbonyl (C=O) groups excluding carboxylic acids is 1. The number of aryl methyl sites for hydroxylation is 3. The normalized spacial score (nSPS) is 10.8. The van der Waals surface area contributed by atoms with Gasteiger partial charge in [0, 0.05) is 6.42 Å². The van der Waals surface area contributed by atoms with Gasteiger partial charge in [0.15, 0.2) is 11.5 Å². The van der Waals surface area contributed by atoms with E-state index in [-0.39, 0.29) is 24.6 Å². The molecule has 1 amide bonds. The molecule has 33 heavy (non-hydrogen) atoms. The van der Waals surface area contributed by atoms with Gasteiger partial charge in [-0.15, -0.1) is 0 Å². The van der Waals surface area contributed by atoms with Gasteiger partial charge >= 0.3 is 5.69 Å². The third-order valence-corrected chi connectivity index (χ3v) is 5.50. The van der Waals surface area contributed by atoms with Crippen LogP contribution in [0.4, 0.5) is 11.4 Å². The number of hydrogen-bond donors (Lipinski definition) is 1. The van der Waals surface area contributed by atoms with E-state index in [0.717, 1.165) is 11.3 Å². The monoisotopic (exact) mass is 456 g/mol. The van der Waals surface area contributed by atoms with Crippen LogP contribution in [0.5, 0.6) is 11.5 Å². The van der Waals surface area contributed by atoms with Crippen LogP contribution in [0.1, 0.15) is 34.8 Å². The third kappa shape index (κ3) is 4.97. The van der Waals surface area contributed by atoms with Crippen molar-refractivity contribution in [1.29, 1.82) is 0 Å². The Morgan fingerprint density at radius 2 is 1.70 bits per heavy atom. The van der Waals surface area contributed by atoms with Crippen LogP contribution in [-0.4, -0.2) is 44.6 Å². The molecule has 0 saturated heterocycles. The van der Waals surface area contributed by atoms with Crippen molar-refractivity contribution in [2.75, 3.05) is 19.5 Å². The van der Waals surface area contributed by atoms with Gasteiger partial charge in [0.25, 0.3) is 0 Å². The maximum atomic E-state index is 12.6. The topological polar surface area (TPSA) is 126 Å². The maximum absolute atomic E-state index is 12.6. The Hall–Kier alpha value is -3.89. The maximum Gasteiger partial charge on any atom is 0.312 e. The van der Waals surface area contributed by atoms with Crippen molar-refractivity contribution in [2.24, 2.45) is 0 Å². The van der Waals surface area contributed by atoms with Gasteiger partial charge in [-0.1, -0.05) is 6.07 Å². The van der Waals surface area contributed by atoms with Crippen LogP contribution in [-0.2, 0) is 17.9 Å². The fourth-order valence-corrected chi connectivity index (χ4v) is 3.76. The zero-order valence-corrected chi connectivity index (χ0v) is 19.6. The second kappa shape index (κ2) is 9.72. The smallest absolute Gasteiger partial charge is 0.312 e. The van der Waals surface area contributed by atoms with E-state index in [1.807, 2.05) is 36.7 Å². The van der Waals surface area contributed by atoms with Crippen LogP contribution in [0.2, 0.25) is 0 Å². The molecule has 0 atom stereocenters. The van der Waals surface area contributed by atoms with E-state index in [4.69, 9.17) is 9.47 Å². The Labute approximate surface area is 191 Å². The number of nitrogens with zero attached hydrogens (tertiary/aromatic N) is 5. The summed E-state index contributed by atoms with van der Waals surface area (Å²) >= 11 is 0. The highest BCUT2D eigenvalue weighted by Crippen LogP contribution is 2.29. The van der Waals surface area contributed by atoms with Gasteiger partial charge in [-0.05, 0) is 45.4 Å². The van der Waals surface area contributed by atoms with Gasteiger partial charge < -0.3 is 14.8 Å². The molecule has 0 saturated carbocycles. The number of aromatic nitrogens is 4. The molecule has 0 bridgehead atoms. The molecule has 0 spiro atoms. The van der Waals surface area contributed by atoms with E-state index < -0.39 is 4.92 Å². The third-order valence-electron chi connectivity index (χ3n) is 5.50. The first-order chi connectivity index (χ1) is 15.7. The first-order valence-electron chi connectivity index (χ1n) is 10.4. The highest BCUT2D eigenvalue weighted by molar-refractivity contribution is 5.91. The van der Waals surface area contributed by atoms with Gasteiger partial charge in [-0.3, -0.25) is 24.3 Å². The van der Waals surface area contributed by atoms with E-state index >= 15 is 0 Å². The summed E-state index contributed by atoms with van der Waals surface area (Å²) in [6.07, 6.45) is 0.124. The highest BCUT2D eigenvalue weighted by Gasteiger charge is 2.22. The molecule has 0 radical (unpaired) electrons. The summed E-state index contributed by atoms with van der Waals surface area (Å²) in [5.74, 6) is 1.06. The minimum absolute atomic E-state index is 0.0152. The predicted molar refractivity (Wildman–Crippen MR) is 122 cm³/mol. The zero-order valence-electron chi connectivity index (χ0n) is 19.6. The van der Waals surface area contributed by atoms with Gasteiger partial charge in [-0.2, -0.15) is 10.2 Å². The minimum atomic E-state index is -0.451. The Morgan fingerprint density at radius 3 is 2.30 bits per heavy atom. The number of nitro groups is 1. The molecule has 0 fully saturated rings. The summed E-state index contributed by atoms with van der Waals surface area (Å²) in [5.41, 5.74) is 3.89. The van der Waals surface area contributed by atoms with E-state index in [0.29, 0.717) is 40.8 Å². The second-order valence-electron chi connectivity index (χ2n) is 7.69. The van der Waals surface area contributed by atoms with Crippen LogP contribution >= 0.6 is 0 Å². The zero-order chi connectivity index (χ0) is 24.3. The fraction of sp³-hybridized carbons (Fsp3) is 0.409. The van der Waals surface area contributed by atoms with Crippen molar-refractivity contribution in [3.8, 4) is 11.5 Å². The predicted octanol–water partition coefficient (Wildman–Crippen LogP) is 3.32. The van der Waals surface area contributed by atoms with Crippen molar-refractivity contribution >= 4 is 17.3 Å². The molecular weight excluding hydrogens is 428 g/mol. The Kier molecular flexibility index (Phi) is 7.00. The standard InChI is InChI=1S/C22H28N6O5/c1-13-21(23-20(29)9-10-26-16(4)22(28(30)31)14(2)25-26)15(3)27(24-13)12-17-7-8-18(32-5)19(11-17)33-6/h7-8,11H,9-10,12H2,1-6H3,(H,23,29). The van der Waals surface area contributed by atoms with Crippen LogP contribution in [0.25, 0.3) is 0 Å². The van der Waals surface area contributed by atoms with Gasteiger partial charge in [0.05, 0.1) is 49.3 Å². The summed E-state index contributed by atoms with van der Waals surface area (Å²) in [4.78, 5) is 23.3. The number of benzene rings is 1. The van der Waals surface area contributed by atoms with Crippen LogP contribution in [0, 0.1) is 37.8 Å². The van der Waals surface area contributed by atoms with Gasteiger partial charge in [0.1, 0.15) is 11.4 Å². The lowest BCUT2D eigenvalue weighted by Gasteiger charge is -2.11. The van der Waals surface area contributed by atoms with Crippen LogP contribution in [0.15, 0.2) is 18.2 Å². The average Bonchev–Trinajstić information content (AvgIpc) is 3.21. The van der Waals surface area contributed by atoms with E-state index in [1.54, 1.807) is 28.1 Å². The molecule has 0 aliphatic carbocycles. The summed E-state index contributed by atoms with van der Waals surface area (Å²) in [7, 11) is 3.17. The number of rotatable bonds is 9. The van der Waals surface area contributed by atoms with E-state index in [2.05, 4.69) is 15.5 Å². The van der Waals surface area contributed by atoms with E-state index in [9.17, 15) is 14.9 Å². The number of methoxy groups -OCH3 is 2. The lowest BCUT2D eigenvalue weighted by atomic mass is 10.2. The number of nitrogens with one attached hydrogen (secondary N) is 1. The van der Waals surface area contributed by atoms with Crippen molar-refractivity contribution in [3.05, 3.63) is 56.7 Å². The lowest BCUT2D eigenvalue weighted by Crippen LogP contribution is -2.16. The number of amides is 1. The Morgan fingerprint density at radius 1 is 1.03 bits per heavy atom. The molecule has 0 aliphatic rings. The molecule has 2 heterocycles. The first-order valence-corrected chi connectivity index (χ1v) is 10.4. The van der Waals surface area contributed by atoms with Gasteiger partial charge in [-0.25, -0.2) is 0 Å². The average molecular weight is 457 g/mol. The molecule has 0 unspecified atom stereocenters. The number of anilines is 1. The lowest BCUT2D eigenvalue weighted by molar-refractivity contribution is -0.386. The Balaban J connectivity index is 1.70. The largest absolute Gasteiger partial charge is 0.493 e. The van der Waals surface area contributed by atoms with Crippen LogP contribution in [0.3, 0.4) is 0 Å². The summed E-state index contributed by atoms with van der Waals surface area (Å²) in [6.45, 7) is 7.67. The van der Waals surface area contributed by atoms with E-state index in [1.165, 1.54) is 4.68 Å². The quantitative estimate of drug-likeness (QED) is 0.387. The number of ether oxygens (including phenoxy) is 2. The molecule has 3 rings (SSSR count). The van der Waals surface area contributed by atoms with Crippen molar-refractivity contribution < 1.29 is 19.2 Å².